The summed E-state index contributed by atoms with van der Waals surface area (Å²) in [6.45, 7) is 13.3. The molecule has 3 N–H and O–H groups in total. The number of ether oxygens (including phenoxy) is 1. The molecule has 0 aromatic rings. The summed E-state index contributed by atoms with van der Waals surface area (Å²) in [4.78, 5) is 0. The Hall–Kier alpha value is -0.120. The zero-order valence-electron chi connectivity index (χ0n) is 13.8. The molecule has 0 aromatic heterocycles. The first-order chi connectivity index (χ1) is 8.77. The Morgan fingerprint density at radius 1 is 1.26 bits per heavy atom. The highest BCUT2D eigenvalue weighted by atomic mass is 16.5. The van der Waals surface area contributed by atoms with Crippen LogP contribution in [0.3, 0.4) is 0 Å². The Balaban J connectivity index is 2.83. The lowest BCUT2D eigenvalue weighted by atomic mass is 9.74. The minimum absolute atomic E-state index is 0.0354. The number of hydrogen-bond acceptors (Lipinski definition) is 3. The van der Waals surface area contributed by atoms with Crippen LogP contribution in [0.4, 0.5) is 0 Å². The van der Waals surface area contributed by atoms with E-state index >= 15 is 0 Å². The molecular formula is C16H34N2O. The summed E-state index contributed by atoms with van der Waals surface area (Å²) in [5.41, 5.74) is 2.98. The van der Waals surface area contributed by atoms with Crippen molar-refractivity contribution >= 4 is 0 Å². The molecule has 3 unspecified atom stereocenters. The molecule has 0 aliphatic carbocycles. The predicted molar refractivity (Wildman–Crippen MR) is 81.8 cm³/mol. The summed E-state index contributed by atoms with van der Waals surface area (Å²) in [6.07, 6.45) is 6.06. The molecule has 3 nitrogen and oxygen atoms in total. The van der Waals surface area contributed by atoms with Crippen molar-refractivity contribution in [2.45, 2.75) is 90.9 Å². The molecule has 19 heavy (non-hydrogen) atoms. The van der Waals surface area contributed by atoms with Gasteiger partial charge in [0.15, 0.2) is 0 Å². The lowest BCUT2D eigenvalue weighted by molar-refractivity contribution is -0.0799. The molecule has 0 amide bonds. The van der Waals surface area contributed by atoms with Gasteiger partial charge in [0, 0.05) is 12.0 Å². The molecule has 0 aromatic carbocycles. The summed E-state index contributed by atoms with van der Waals surface area (Å²) in [6, 6.07) is 0.355. The maximum atomic E-state index is 6.24. The molecule has 3 atom stereocenters. The van der Waals surface area contributed by atoms with E-state index in [1.807, 2.05) is 0 Å². The van der Waals surface area contributed by atoms with Crippen LogP contribution in [0.5, 0.6) is 0 Å². The van der Waals surface area contributed by atoms with Crippen LogP contribution in [0.1, 0.15) is 73.6 Å². The van der Waals surface area contributed by atoms with Crippen molar-refractivity contribution in [3.8, 4) is 0 Å². The first-order valence-electron chi connectivity index (χ1n) is 7.93. The Morgan fingerprint density at radius 3 is 2.26 bits per heavy atom. The SMILES string of the molecule is CCCCC(CC)C(NN)C1CC(C)(C)OC1(C)C. The van der Waals surface area contributed by atoms with Gasteiger partial charge in [0.05, 0.1) is 11.2 Å². The van der Waals surface area contributed by atoms with Crippen LogP contribution in [-0.4, -0.2) is 17.2 Å². The van der Waals surface area contributed by atoms with Crippen molar-refractivity contribution in [1.29, 1.82) is 0 Å². The van der Waals surface area contributed by atoms with Crippen molar-refractivity contribution in [3.05, 3.63) is 0 Å². The summed E-state index contributed by atoms with van der Waals surface area (Å²) >= 11 is 0. The molecule has 0 spiro atoms. The zero-order chi connectivity index (χ0) is 14.7. The number of hydrogen-bond donors (Lipinski definition) is 2. The zero-order valence-corrected chi connectivity index (χ0v) is 13.8. The number of rotatable bonds is 7. The van der Waals surface area contributed by atoms with Gasteiger partial charge in [0.1, 0.15) is 0 Å². The highest BCUT2D eigenvalue weighted by Gasteiger charge is 2.50. The van der Waals surface area contributed by atoms with E-state index in [1.165, 1.54) is 25.7 Å². The van der Waals surface area contributed by atoms with Gasteiger partial charge in [-0.25, -0.2) is 0 Å². The van der Waals surface area contributed by atoms with E-state index in [1.54, 1.807) is 0 Å². The van der Waals surface area contributed by atoms with Crippen molar-refractivity contribution in [2.75, 3.05) is 0 Å². The number of unbranched alkanes of at least 4 members (excludes halogenated alkanes) is 1. The van der Waals surface area contributed by atoms with Gasteiger partial charge in [-0.15, -0.1) is 0 Å². The molecule has 0 bridgehead atoms. The van der Waals surface area contributed by atoms with E-state index in [0.717, 1.165) is 6.42 Å². The van der Waals surface area contributed by atoms with E-state index in [0.29, 0.717) is 17.9 Å². The van der Waals surface area contributed by atoms with Crippen molar-refractivity contribution in [2.24, 2.45) is 17.7 Å². The van der Waals surface area contributed by atoms with Crippen molar-refractivity contribution in [3.63, 3.8) is 0 Å². The first-order valence-corrected chi connectivity index (χ1v) is 7.93. The molecule has 1 fully saturated rings. The molecule has 114 valence electrons. The van der Waals surface area contributed by atoms with Crippen LogP contribution < -0.4 is 11.3 Å². The van der Waals surface area contributed by atoms with Crippen LogP contribution in [0.2, 0.25) is 0 Å². The van der Waals surface area contributed by atoms with E-state index < -0.39 is 0 Å². The van der Waals surface area contributed by atoms with Crippen molar-refractivity contribution in [1.82, 2.24) is 5.43 Å². The lowest BCUT2D eigenvalue weighted by Crippen LogP contribution is -2.51. The van der Waals surface area contributed by atoms with Gasteiger partial charge in [0.25, 0.3) is 0 Å². The average molecular weight is 270 g/mol. The van der Waals surface area contributed by atoms with Crippen LogP contribution in [0, 0.1) is 11.8 Å². The molecule has 1 aliphatic rings. The third-order valence-electron chi connectivity index (χ3n) is 4.73. The maximum Gasteiger partial charge on any atom is 0.0678 e. The summed E-state index contributed by atoms with van der Waals surface area (Å²) in [7, 11) is 0. The minimum atomic E-state index is -0.0971. The molecule has 1 heterocycles. The van der Waals surface area contributed by atoms with E-state index in [9.17, 15) is 0 Å². The highest BCUT2D eigenvalue weighted by molar-refractivity contribution is 5.00. The molecule has 3 heteroatoms. The Kier molecular flexibility index (Phi) is 5.84. The van der Waals surface area contributed by atoms with Crippen LogP contribution in [0.15, 0.2) is 0 Å². The monoisotopic (exact) mass is 270 g/mol. The highest BCUT2D eigenvalue weighted by Crippen LogP contribution is 2.45. The predicted octanol–water partition coefficient (Wildman–Crippen LogP) is 3.63. The van der Waals surface area contributed by atoms with E-state index in [2.05, 4.69) is 47.0 Å². The van der Waals surface area contributed by atoms with Gasteiger partial charge in [-0.3, -0.25) is 11.3 Å². The largest absolute Gasteiger partial charge is 0.369 e. The smallest absolute Gasteiger partial charge is 0.0678 e. The number of nitrogens with one attached hydrogen (secondary N) is 1. The second kappa shape index (κ2) is 6.55. The van der Waals surface area contributed by atoms with Crippen LogP contribution >= 0.6 is 0 Å². The maximum absolute atomic E-state index is 6.24. The first kappa shape index (κ1) is 16.9. The van der Waals surface area contributed by atoms with Gasteiger partial charge in [0.2, 0.25) is 0 Å². The molecule has 1 saturated heterocycles. The molecule has 0 saturated carbocycles. The van der Waals surface area contributed by atoms with Gasteiger partial charge >= 0.3 is 0 Å². The normalized spacial score (nSPS) is 28.3. The van der Waals surface area contributed by atoms with E-state index in [-0.39, 0.29) is 11.2 Å². The van der Waals surface area contributed by atoms with Crippen LogP contribution in [-0.2, 0) is 4.74 Å². The van der Waals surface area contributed by atoms with Crippen LogP contribution in [0.25, 0.3) is 0 Å². The van der Waals surface area contributed by atoms with Gasteiger partial charge in [-0.05, 0) is 46.5 Å². The second-order valence-electron chi connectivity index (χ2n) is 7.28. The Morgan fingerprint density at radius 2 is 1.89 bits per heavy atom. The summed E-state index contributed by atoms with van der Waals surface area (Å²) < 4.78 is 6.24. The summed E-state index contributed by atoms with van der Waals surface area (Å²) in [5.74, 6) is 7.03. The third-order valence-corrected chi connectivity index (χ3v) is 4.73. The van der Waals surface area contributed by atoms with Crippen molar-refractivity contribution < 1.29 is 4.74 Å². The standard InChI is InChI=1S/C16H34N2O/c1-7-9-10-12(8-2)14(18-17)13-11-15(3,4)19-16(13,5)6/h12-14,18H,7-11,17H2,1-6H3. The lowest BCUT2D eigenvalue weighted by Gasteiger charge is -2.37. The third kappa shape index (κ3) is 4.17. The fraction of sp³-hybridized carbons (Fsp3) is 1.00. The van der Waals surface area contributed by atoms with E-state index in [4.69, 9.17) is 10.6 Å². The quantitative estimate of drug-likeness (QED) is 0.548. The molecular weight excluding hydrogens is 236 g/mol. The summed E-state index contributed by atoms with van der Waals surface area (Å²) in [5, 5.41) is 0. The number of nitrogens with two attached hydrogens (primary N) is 1. The number of hydrazine groups is 1. The van der Waals surface area contributed by atoms with Gasteiger partial charge in [-0.1, -0.05) is 33.1 Å². The molecule has 1 aliphatic heterocycles. The molecule has 0 radical (unpaired) electrons. The molecule has 1 rings (SSSR count). The second-order valence-corrected chi connectivity index (χ2v) is 7.28. The fourth-order valence-electron chi connectivity index (χ4n) is 3.85. The topological polar surface area (TPSA) is 47.3 Å². The minimum Gasteiger partial charge on any atom is -0.369 e. The Labute approximate surface area is 119 Å². The average Bonchev–Trinajstić information content (AvgIpc) is 2.52. The fourth-order valence-corrected chi connectivity index (χ4v) is 3.85. The van der Waals surface area contributed by atoms with Gasteiger partial charge in [-0.2, -0.15) is 0 Å². The van der Waals surface area contributed by atoms with Gasteiger partial charge < -0.3 is 4.74 Å². The Bertz CT molecular complexity index is 276.